The summed E-state index contributed by atoms with van der Waals surface area (Å²) in [6, 6.07) is 4.82. The first kappa shape index (κ1) is 10.8. The Morgan fingerprint density at radius 3 is 2.77 bits per heavy atom. The summed E-state index contributed by atoms with van der Waals surface area (Å²) in [5, 5.41) is 8.77. The third-order valence-corrected chi connectivity index (χ3v) is 2.94. The molecule has 0 aromatic heterocycles. The van der Waals surface area contributed by atoms with Crippen LogP contribution in [-0.2, 0) is 0 Å². The lowest BCUT2D eigenvalue weighted by Gasteiger charge is -2.05. The number of carbonyl (C=O) groups is 1. The average Bonchev–Trinajstić information content (AvgIpc) is 2.08. The van der Waals surface area contributed by atoms with Gasteiger partial charge in [0.2, 0.25) is 0 Å². The Bertz CT molecular complexity index is 336. The minimum atomic E-state index is -0.560. The van der Waals surface area contributed by atoms with Gasteiger partial charge in [0.15, 0.2) is 5.78 Å². The molecular formula is C9H8ClIO2. The number of aromatic hydroxyl groups is 1. The van der Waals surface area contributed by atoms with Gasteiger partial charge in [0.25, 0.3) is 0 Å². The zero-order valence-corrected chi connectivity index (χ0v) is 9.83. The molecule has 0 aliphatic rings. The molecule has 4 heteroatoms. The highest BCUT2D eigenvalue weighted by Crippen LogP contribution is 2.24. The summed E-state index contributed by atoms with van der Waals surface area (Å²) >= 11 is 7.58. The van der Waals surface area contributed by atoms with Crippen LogP contribution in [0.4, 0.5) is 0 Å². The van der Waals surface area contributed by atoms with Gasteiger partial charge in [-0.3, -0.25) is 4.79 Å². The van der Waals surface area contributed by atoms with Crippen molar-refractivity contribution in [2.75, 3.05) is 0 Å². The largest absolute Gasteiger partial charge is 0.507 e. The maximum atomic E-state index is 11.5. The standard InChI is InChI=1S/C9H8ClIO2/c1-5(10)9(13)6-3-2-4-7(12)8(6)11/h2-5,12H,1H3. The van der Waals surface area contributed by atoms with Gasteiger partial charge in [-0.2, -0.15) is 0 Å². The molecule has 0 fully saturated rings. The van der Waals surface area contributed by atoms with Crippen molar-refractivity contribution in [2.24, 2.45) is 0 Å². The van der Waals surface area contributed by atoms with E-state index >= 15 is 0 Å². The van der Waals surface area contributed by atoms with Crippen molar-refractivity contribution in [3.8, 4) is 5.75 Å². The van der Waals surface area contributed by atoms with E-state index in [0.717, 1.165) is 0 Å². The van der Waals surface area contributed by atoms with Crippen LogP contribution in [0, 0.1) is 3.57 Å². The lowest BCUT2D eigenvalue weighted by atomic mass is 10.1. The number of phenols is 1. The number of carbonyl (C=O) groups excluding carboxylic acids is 1. The van der Waals surface area contributed by atoms with E-state index in [1.807, 2.05) is 22.6 Å². The fourth-order valence-electron chi connectivity index (χ4n) is 0.924. The van der Waals surface area contributed by atoms with Crippen LogP contribution >= 0.6 is 34.2 Å². The quantitative estimate of drug-likeness (QED) is 0.518. The first-order valence-electron chi connectivity index (χ1n) is 3.69. The predicted molar refractivity (Wildman–Crippen MR) is 60.5 cm³/mol. The highest BCUT2D eigenvalue weighted by molar-refractivity contribution is 14.1. The number of phenolic OH excluding ortho intramolecular Hbond substituents is 1. The first-order chi connectivity index (χ1) is 6.04. The maximum Gasteiger partial charge on any atom is 0.181 e. The molecule has 1 rings (SSSR count). The molecule has 70 valence electrons. The van der Waals surface area contributed by atoms with Gasteiger partial charge >= 0.3 is 0 Å². The van der Waals surface area contributed by atoms with Crippen molar-refractivity contribution in [3.05, 3.63) is 27.3 Å². The van der Waals surface area contributed by atoms with Crippen LogP contribution in [0.5, 0.6) is 5.75 Å². The lowest BCUT2D eigenvalue weighted by molar-refractivity contribution is 0.0990. The Morgan fingerprint density at radius 2 is 2.23 bits per heavy atom. The lowest BCUT2D eigenvalue weighted by Crippen LogP contribution is -2.11. The summed E-state index contributed by atoms with van der Waals surface area (Å²) < 4.78 is 0.553. The van der Waals surface area contributed by atoms with Crippen LogP contribution in [0.3, 0.4) is 0 Å². The van der Waals surface area contributed by atoms with Crippen molar-refractivity contribution in [1.29, 1.82) is 0 Å². The Morgan fingerprint density at radius 1 is 1.62 bits per heavy atom. The van der Waals surface area contributed by atoms with Gasteiger partial charge < -0.3 is 5.11 Å². The highest BCUT2D eigenvalue weighted by atomic mass is 127. The topological polar surface area (TPSA) is 37.3 Å². The molecule has 2 nitrogen and oxygen atoms in total. The molecule has 0 bridgehead atoms. The molecule has 1 aromatic carbocycles. The van der Waals surface area contributed by atoms with Gasteiger partial charge in [0, 0.05) is 5.56 Å². The van der Waals surface area contributed by atoms with E-state index in [4.69, 9.17) is 11.6 Å². The first-order valence-corrected chi connectivity index (χ1v) is 5.21. The molecule has 0 spiro atoms. The Labute approximate surface area is 95.0 Å². The molecule has 0 aliphatic carbocycles. The number of ketones is 1. The number of halogens is 2. The van der Waals surface area contributed by atoms with Crippen LogP contribution in [0.25, 0.3) is 0 Å². The fourth-order valence-corrected chi connectivity index (χ4v) is 1.67. The van der Waals surface area contributed by atoms with Gasteiger partial charge in [-0.25, -0.2) is 0 Å². The molecule has 0 saturated carbocycles. The van der Waals surface area contributed by atoms with Crippen molar-refractivity contribution in [2.45, 2.75) is 12.3 Å². The van der Waals surface area contributed by atoms with E-state index in [1.54, 1.807) is 19.1 Å². The molecule has 1 N–H and O–H groups in total. The number of alkyl halides is 1. The SMILES string of the molecule is CC(Cl)C(=O)c1cccc(O)c1I. The van der Waals surface area contributed by atoms with E-state index in [2.05, 4.69) is 0 Å². The van der Waals surface area contributed by atoms with Crippen LogP contribution in [0.1, 0.15) is 17.3 Å². The smallest absolute Gasteiger partial charge is 0.181 e. The molecule has 1 aromatic rings. The van der Waals surface area contributed by atoms with Crippen LogP contribution in [-0.4, -0.2) is 16.3 Å². The van der Waals surface area contributed by atoms with E-state index in [9.17, 15) is 9.90 Å². The molecule has 13 heavy (non-hydrogen) atoms. The molecular weight excluding hydrogens is 302 g/mol. The normalized spacial score (nSPS) is 12.5. The van der Waals surface area contributed by atoms with Gasteiger partial charge in [-0.1, -0.05) is 12.1 Å². The second-order valence-electron chi connectivity index (χ2n) is 2.62. The van der Waals surface area contributed by atoms with E-state index < -0.39 is 5.38 Å². The maximum absolute atomic E-state index is 11.5. The minimum absolute atomic E-state index is 0.115. The van der Waals surface area contributed by atoms with Gasteiger partial charge in [0.1, 0.15) is 5.75 Å². The summed E-state index contributed by atoms with van der Waals surface area (Å²) in [5.41, 5.74) is 0.475. The molecule has 1 atom stereocenters. The summed E-state index contributed by atoms with van der Waals surface area (Å²) in [4.78, 5) is 11.5. The van der Waals surface area contributed by atoms with E-state index in [0.29, 0.717) is 9.13 Å². The summed E-state index contributed by atoms with van der Waals surface area (Å²) in [6.45, 7) is 1.62. The molecule has 0 radical (unpaired) electrons. The summed E-state index contributed by atoms with van der Waals surface area (Å²) in [6.07, 6.45) is 0. The highest BCUT2D eigenvalue weighted by Gasteiger charge is 2.16. The fraction of sp³-hybridized carbons (Fsp3) is 0.222. The van der Waals surface area contributed by atoms with Crippen molar-refractivity contribution in [3.63, 3.8) is 0 Å². The zero-order chi connectivity index (χ0) is 10.0. The average molecular weight is 311 g/mol. The number of Topliss-reactive ketones (excluding diaryl/α,β-unsaturated/α-hetero) is 1. The summed E-state index contributed by atoms with van der Waals surface area (Å²) in [7, 11) is 0. The van der Waals surface area contributed by atoms with Crippen LogP contribution in [0.2, 0.25) is 0 Å². The van der Waals surface area contributed by atoms with Crippen molar-refractivity contribution in [1.82, 2.24) is 0 Å². The third kappa shape index (κ3) is 2.34. The van der Waals surface area contributed by atoms with Crippen molar-refractivity contribution < 1.29 is 9.90 Å². The zero-order valence-electron chi connectivity index (χ0n) is 6.92. The van der Waals surface area contributed by atoms with Gasteiger partial charge in [-0.05, 0) is 35.6 Å². The molecule has 1 unspecified atom stereocenters. The monoisotopic (exact) mass is 310 g/mol. The predicted octanol–water partition coefficient (Wildman–Crippen LogP) is 2.81. The second-order valence-corrected chi connectivity index (χ2v) is 4.35. The van der Waals surface area contributed by atoms with Gasteiger partial charge in [0.05, 0.1) is 8.95 Å². The number of hydrogen-bond donors (Lipinski definition) is 1. The Hall–Kier alpha value is -0.290. The molecule has 0 heterocycles. The second kappa shape index (κ2) is 4.28. The number of rotatable bonds is 2. The van der Waals surface area contributed by atoms with E-state index in [1.165, 1.54) is 6.07 Å². The number of hydrogen-bond acceptors (Lipinski definition) is 2. The molecule has 0 aliphatic heterocycles. The van der Waals surface area contributed by atoms with E-state index in [-0.39, 0.29) is 11.5 Å². The molecule has 0 saturated heterocycles. The summed E-state index contributed by atoms with van der Waals surface area (Å²) in [5.74, 6) is -0.0502. The number of benzene rings is 1. The van der Waals surface area contributed by atoms with Crippen LogP contribution < -0.4 is 0 Å². The third-order valence-electron chi connectivity index (χ3n) is 1.61. The van der Waals surface area contributed by atoms with Crippen molar-refractivity contribution >= 4 is 40.0 Å². The Balaban J connectivity index is 3.15. The minimum Gasteiger partial charge on any atom is -0.507 e. The Kier molecular flexibility index (Phi) is 3.55. The van der Waals surface area contributed by atoms with Gasteiger partial charge in [-0.15, -0.1) is 11.6 Å². The molecule has 0 amide bonds. The van der Waals surface area contributed by atoms with Crippen LogP contribution in [0.15, 0.2) is 18.2 Å².